The maximum Gasteiger partial charge on any atom is 0.329 e. The highest BCUT2D eigenvalue weighted by atomic mass is 16.4. The Morgan fingerprint density at radius 1 is 1.19 bits per heavy atom. The molecule has 4 heteroatoms. The molecular weight excluding hydrogens is 266 g/mol. The lowest BCUT2D eigenvalue weighted by atomic mass is 9.97. The molecule has 1 fully saturated rings. The van der Waals surface area contributed by atoms with Crippen molar-refractivity contribution in [2.24, 2.45) is 0 Å². The van der Waals surface area contributed by atoms with Crippen LogP contribution >= 0.6 is 0 Å². The fraction of sp³-hybridized carbons (Fsp3) is 0.529. The normalized spacial score (nSPS) is 16.6. The van der Waals surface area contributed by atoms with Crippen molar-refractivity contribution < 1.29 is 14.7 Å². The molecule has 1 aliphatic carbocycles. The molecule has 0 atom stereocenters. The van der Waals surface area contributed by atoms with Crippen molar-refractivity contribution >= 4 is 11.9 Å². The van der Waals surface area contributed by atoms with Crippen LogP contribution in [0.25, 0.3) is 0 Å². The van der Waals surface area contributed by atoms with Gasteiger partial charge < -0.3 is 10.4 Å². The van der Waals surface area contributed by atoms with Crippen LogP contribution in [0, 0.1) is 0 Å². The quantitative estimate of drug-likeness (QED) is 0.845. The summed E-state index contributed by atoms with van der Waals surface area (Å²) < 4.78 is 0. The second-order valence-electron chi connectivity index (χ2n) is 5.85. The second kappa shape index (κ2) is 6.74. The van der Waals surface area contributed by atoms with Crippen LogP contribution in [0.2, 0.25) is 0 Å². The van der Waals surface area contributed by atoms with E-state index in [4.69, 9.17) is 0 Å². The molecule has 1 aliphatic rings. The number of carbonyl (C=O) groups is 2. The van der Waals surface area contributed by atoms with E-state index in [1.54, 1.807) is 12.1 Å². The van der Waals surface area contributed by atoms with Gasteiger partial charge in [-0.3, -0.25) is 4.79 Å². The van der Waals surface area contributed by atoms with Crippen molar-refractivity contribution in [2.75, 3.05) is 0 Å². The minimum atomic E-state index is -1.07. The first kappa shape index (κ1) is 15.5. The zero-order valence-corrected chi connectivity index (χ0v) is 12.5. The van der Waals surface area contributed by atoms with Crippen molar-refractivity contribution in [1.29, 1.82) is 0 Å². The number of amides is 1. The van der Waals surface area contributed by atoms with Gasteiger partial charge in [0.25, 0.3) is 5.91 Å². The third-order valence-electron chi connectivity index (χ3n) is 4.25. The zero-order chi connectivity index (χ0) is 15.3. The van der Waals surface area contributed by atoms with E-state index in [0.29, 0.717) is 18.4 Å². The molecule has 1 aromatic rings. The van der Waals surface area contributed by atoms with E-state index in [9.17, 15) is 14.7 Å². The third-order valence-corrected chi connectivity index (χ3v) is 4.25. The van der Waals surface area contributed by atoms with Crippen molar-refractivity contribution in [3.05, 3.63) is 35.4 Å². The van der Waals surface area contributed by atoms with Gasteiger partial charge in [-0.2, -0.15) is 0 Å². The minimum absolute atomic E-state index is 0.290. The van der Waals surface area contributed by atoms with Gasteiger partial charge in [0.15, 0.2) is 0 Å². The van der Waals surface area contributed by atoms with Gasteiger partial charge in [0.1, 0.15) is 5.54 Å². The van der Waals surface area contributed by atoms with Gasteiger partial charge in [0, 0.05) is 5.56 Å². The van der Waals surface area contributed by atoms with Crippen LogP contribution in [-0.2, 0) is 11.2 Å². The number of unbranched alkanes of at least 4 members (excludes halogenated alkanes) is 1. The van der Waals surface area contributed by atoms with Gasteiger partial charge in [0.2, 0.25) is 0 Å². The Morgan fingerprint density at radius 3 is 2.33 bits per heavy atom. The third kappa shape index (κ3) is 3.63. The fourth-order valence-electron chi connectivity index (χ4n) is 2.86. The summed E-state index contributed by atoms with van der Waals surface area (Å²) in [5.74, 6) is -1.21. The van der Waals surface area contributed by atoms with Gasteiger partial charge in [-0.25, -0.2) is 4.79 Å². The molecular formula is C17H23NO3. The average Bonchev–Trinajstić information content (AvgIpc) is 2.95. The van der Waals surface area contributed by atoms with Gasteiger partial charge in [-0.1, -0.05) is 38.3 Å². The van der Waals surface area contributed by atoms with Gasteiger partial charge in [0.05, 0.1) is 0 Å². The lowest BCUT2D eigenvalue weighted by molar-refractivity contribution is -0.144. The Balaban J connectivity index is 2.04. The molecule has 1 aromatic carbocycles. The number of aryl methyl sites for hydroxylation is 1. The predicted octanol–water partition coefficient (Wildman–Crippen LogP) is 3.16. The number of carboxylic acids is 1. The van der Waals surface area contributed by atoms with Crippen LogP contribution < -0.4 is 5.32 Å². The lowest BCUT2D eigenvalue weighted by Crippen LogP contribution is -2.52. The van der Waals surface area contributed by atoms with Crippen LogP contribution in [0.4, 0.5) is 0 Å². The number of hydrogen-bond donors (Lipinski definition) is 2. The Bertz CT molecular complexity index is 501. The SMILES string of the molecule is CCCCc1ccc(C(=O)NC2(C(=O)O)CCCC2)cc1. The molecule has 1 saturated carbocycles. The Kier molecular flexibility index (Phi) is 4.99. The van der Waals surface area contributed by atoms with Crippen LogP contribution in [0.15, 0.2) is 24.3 Å². The summed E-state index contributed by atoms with van der Waals surface area (Å²) in [6, 6.07) is 7.47. The summed E-state index contributed by atoms with van der Waals surface area (Å²) in [5, 5.41) is 12.1. The van der Waals surface area contributed by atoms with Gasteiger partial charge in [-0.15, -0.1) is 0 Å². The number of rotatable bonds is 6. The molecule has 0 heterocycles. The minimum Gasteiger partial charge on any atom is -0.480 e. The van der Waals surface area contributed by atoms with E-state index in [0.717, 1.165) is 32.1 Å². The number of aliphatic carboxylic acids is 1. The molecule has 0 saturated heterocycles. The zero-order valence-electron chi connectivity index (χ0n) is 12.5. The summed E-state index contributed by atoms with van der Waals surface area (Å²) in [4.78, 5) is 23.7. The predicted molar refractivity (Wildman–Crippen MR) is 81.4 cm³/mol. The Hall–Kier alpha value is -1.84. The number of carbonyl (C=O) groups excluding carboxylic acids is 1. The molecule has 114 valence electrons. The van der Waals surface area contributed by atoms with Crippen LogP contribution in [0.1, 0.15) is 61.4 Å². The second-order valence-corrected chi connectivity index (χ2v) is 5.85. The largest absolute Gasteiger partial charge is 0.480 e. The van der Waals surface area contributed by atoms with E-state index >= 15 is 0 Å². The van der Waals surface area contributed by atoms with Gasteiger partial charge in [-0.05, 0) is 43.4 Å². The number of carboxylic acid groups (broad SMARTS) is 1. The Morgan fingerprint density at radius 2 is 1.81 bits per heavy atom. The van der Waals surface area contributed by atoms with Crippen molar-refractivity contribution in [1.82, 2.24) is 5.32 Å². The standard InChI is InChI=1S/C17H23NO3/c1-2-3-6-13-7-9-14(10-8-13)15(19)18-17(16(20)21)11-4-5-12-17/h7-10H,2-6,11-12H2,1H3,(H,18,19)(H,20,21). The fourth-order valence-corrected chi connectivity index (χ4v) is 2.86. The molecule has 0 aliphatic heterocycles. The number of benzene rings is 1. The van der Waals surface area contributed by atoms with E-state index in [2.05, 4.69) is 12.2 Å². The molecule has 0 radical (unpaired) electrons. The van der Waals surface area contributed by atoms with Crippen molar-refractivity contribution in [2.45, 2.75) is 57.4 Å². The highest BCUT2D eigenvalue weighted by molar-refractivity contribution is 5.98. The maximum atomic E-state index is 12.3. The average molecular weight is 289 g/mol. The summed E-state index contributed by atoms with van der Waals surface area (Å²) in [7, 11) is 0. The molecule has 0 spiro atoms. The van der Waals surface area contributed by atoms with E-state index < -0.39 is 11.5 Å². The highest BCUT2D eigenvalue weighted by Gasteiger charge is 2.42. The molecule has 2 rings (SSSR count). The summed E-state index contributed by atoms with van der Waals surface area (Å²) in [6.45, 7) is 2.15. The van der Waals surface area contributed by atoms with Crippen molar-refractivity contribution in [3.8, 4) is 0 Å². The summed E-state index contributed by atoms with van der Waals surface area (Å²) >= 11 is 0. The van der Waals surface area contributed by atoms with Gasteiger partial charge >= 0.3 is 5.97 Å². The number of nitrogens with one attached hydrogen (secondary N) is 1. The summed E-state index contributed by atoms with van der Waals surface area (Å²) in [6.07, 6.45) is 6.02. The first-order valence-electron chi connectivity index (χ1n) is 7.72. The van der Waals surface area contributed by atoms with E-state index in [-0.39, 0.29) is 5.91 Å². The van der Waals surface area contributed by atoms with Crippen molar-refractivity contribution in [3.63, 3.8) is 0 Å². The van der Waals surface area contributed by atoms with Crippen LogP contribution in [-0.4, -0.2) is 22.5 Å². The van der Waals surface area contributed by atoms with Crippen LogP contribution in [0.5, 0.6) is 0 Å². The van der Waals surface area contributed by atoms with Crippen LogP contribution in [0.3, 0.4) is 0 Å². The molecule has 0 unspecified atom stereocenters. The molecule has 4 nitrogen and oxygen atoms in total. The maximum absolute atomic E-state index is 12.3. The van der Waals surface area contributed by atoms with E-state index in [1.807, 2.05) is 12.1 Å². The first-order chi connectivity index (χ1) is 10.1. The highest BCUT2D eigenvalue weighted by Crippen LogP contribution is 2.30. The first-order valence-corrected chi connectivity index (χ1v) is 7.72. The Labute approximate surface area is 125 Å². The van der Waals surface area contributed by atoms with E-state index in [1.165, 1.54) is 5.56 Å². The molecule has 21 heavy (non-hydrogen) atoms. The lowest BCUT2D eigenvalue weighted by Gasteiger charge is -2.25. The molecule has 0 bridgehead atoms. The molecule has 2 N–H and O–H groups in total. The summed E-state index contributed by atoms with van der Waals surface area (Å²) in [5.41, 5.74) is 0.669. The molecule has 1 amide bonds. The topological polar surface area (TPSA) is 66.4 Å². The number of hydrogen-bond acceptors (Lipinski definition) is 2. The monoisotopic (exact) mass is 289 g/mol. The molecule has 0 aromatic heterocycles. The smallest absolute Gasteiger partial charge is 0.329 e.